The standard InChI is InChI=1S/C32H38N2O5/c35-30(36)20-12-1-2-13-21-33-31(37)28(22-25-14-6-3-7-15-25)34-29(23-26-16-8-4-9-17-26)32(38)39-24-27-18-10-5-11-19-27/h3-11,14-19,28-29,34H,1-2,12-13,20-24H2,(H,33,37)(H,35,36)/t28-,29-/m0/s1. The summed E-state index contributed by atoms with van der Waals surface area (Å²) in [5.41, 5.74) is 2.84. The van der Waals surface area contributed by atoms with E-state index in [0.29, 0.717) is 25.8 Å². The summed E-state index contributed by atoms with van der Waals surface area (Å²) in [6.45, 7) is 0.644. The van der Waals surface area contributed by atoms with E-state index in [4.69, 9.17) is 9.84 Å². The van der Waals surface area contributed by atoms with Crippen molar-refractivity contribution in [3.05, 3.63) is 108 Å². The SMILES string of the molecule is O=C(O)CCCCCCNC(=O)[C@H](Cc1ccccc1)N[C@@H](Cc1ccccc1)C(=O)OCc1ccccc1. The molecule has 0 heterocycles. The van der Waals surface area contributed by atoms with Crippen molar-refractivity contribution in [1.29, 1.82) is 0 Å². The second-order valence-electron chi connectivity index (χ2n) is 9.59. The number of carbonyl (C=O) groups excluding carboxylic acids is 2. The first-order valence-corrected chi connectivity index (χ1v) is 13.5. The van der Waals surface area contributed by atoms with Crippen LogP contribution < -0.4 is 10.6 Å². The Hall–Kier alpha value is -3.97. The Labute approximate surface area is 230 Å². The number of benzene rings is 3. The minimum atomic E-state index is -0.787. The predicted molar refractivity (Wildman–Crippen MR) is 151 cm³/mol. The Bertz CT molecular complexity index is 1140. The lowest BCUT2D eigenvalue weighted by atomic mass is 10.0. The topological polar surface area (TPSA) is 105 Å². The van der Waals surface area contributed by atoms with E-state index in [-0.39, 0.29) is 18.9 Å². The molecule has 7 nitrogen and oxygen atoms in total. The Morgan fingerprint density at radius 1 is 0.667 bits per heavy atom. The van der Waals surface area contributed by atoms with Gasteiger partial charge in [-0.05, 0) is 42.4 Å². The van der Waals surface area contributed by atoms with Crippen molar-refractivity contribution in [2.45, 2.75) is 63.6 Å². The molecule has 206 valence electrons. The van der Waals surface area contributed by atoms with Crippen LogP contribution in [0.5, 0.6) is 0 Å². The molecular weight excluding hydrogens is 492 g/mol. The number of unbranched alkanes of at least 4 members (excludes halogenated alkanes) is 3. The van der Waals surface area contributed by atoms with Crippen molar-refractivity contribution in [3.63, 3.8) is 0 Å². The number of aliphatic carboxylic acids is 1. The van der Waals surface area contributed by atoms with Gasteiger partial charge in [-0.25, -0.2) is 0 Å². The van der Waals surface area contributed by atoms with Crippen LogP contribution in [0.15, 0.2) is 91.0 Å². The van der Waals surface area contributed by atoms with Crippen LogP contribution in [0.3, 0.4) is 0 Å². The zero-order valence-corrected chi connectivity index (χ0v) is 22.3. The predicted octanol–water partition coefficient (Wildman–Crippen LogP) is 4.69. The first-order valence-electron chi connectivity index (χ1n) is 13.5. The normalized spacial score (nSPS) is 12.3. The molecule has 0 radical (unpaired) electrons. The summed E-state index contributed by atoms with van der Waals surface area (Å²) in [5, 5.41) is 15.1. The lowest BCUT2D eigenvalue weighted by molar-refractivity contribution is -0.148. The number of carbonyl (C=O) groups is 3. The van der Waals surface area contributed by atoms with Crippen molar-refractivity contribution in [3.8, 4) is 0 Å². The van der Waals surface area contributed by atoms with E-state index in [1.165, 1.54) is 0 Å². The maximum atomic E-state index is 13.3. The molecule has 0 bridgehead atoms. The summed E-state index contributed by atoms with van der Waals surface area (Å²) < 4.78 is 5.67. The van der Waals surface area contributed by atoms with E-state index in [0.717, 1.165) is 36.0 Å². The first-order chi connectivity index (χ1) is 19.0. The molecule has 0 saturated heterocycles. The summed E-state index contributed by atoms with van der Waals surface area (Å²) in [7, 11) is 0. The van der Waals surface area contributed by atoms with Gasteiger partial charge in [0.2, 0.25) is 5.91 Å². The van der Waals surface area contributed by atoms with Gasteiger partial charge in [0.05, 0.1) is 6.04 Å². The molecule has 39 heavy (non-hydrogen) atoms. The summed E-state index contributed by atoms with van der Waals surface area (Å²) in [6.07, 6.45) is 4.01. The maximum absolute atomic E-state index is 13.3. The van der Waals surface area contributed by atoms with Crippen molar-refractivity contribution < 1.29 is 24.2 Å². The fraction of sp³-hybridized carbons (Fsp3) is 0.344. The quantitative estimate of drug-likeness (QED) is 0.173. The Morgan fingerprint density at radius 3 is 1.74 bits per heavy atom. The minimum Gasteiger partial charge on any atom is -0.481 e. The summed E-state index contributed by atoms with van der Waals surface area (Å²) in [6, 6.07) is 27.5. The zero-order valence-electron chi connectivity index (χ0n) is 22.3. The third kappa shape index (κ3) is 11.5. The van der Waals surface area contributed by atoms with Crippen molar-refractivity contribution in [2.24, 2.45) is 0 Å². The number of carboxylic acids is 1. The van der Waals surface area contributed by atoms with Crippen molar-refractivity contribution in [2.75, 3.05) is 6.54 Å². The van der Waals surface area contributed by atoms with Gasteiger partial charge in [0.1, 0.15) is 12.6 Å². The Balaban J connectivity index is 1.67. The molecule has 0 spiro atoms. The van der Waals surface area contributed by atoms with Crippen LogP contribution in [0.2, 0.25) is 0 Å². The van der Waals surface area contributed by atoms with E-state index in [2.05, 4.69) is 10.6 Å². The molecule has 3 aromatic carbocycles. The molecule has 0 aliphatic heterocycles. The molecule has 0 aromatic heterocycles. The molecule has 1 amide bonds. The van der Waals surface area contributed by atoms with Crippen molar-refractivity contribution >= 4 is 17.8 Å². The zero-order chi connectivity index (χ0) is 27.7. The number of hydrogen-bond acceptors (Lipinski definition) is 5. The van der Waals surface area contributed by atoms with Gasteiger partial charge in [0.15, 0.2) is 0 Å². The highest BCUT2D eigenvalue weighted by molar-refractivity contribution is 5.84. The number of esters is 1. The van der Waals surface area contributed by atoms with Gasteiger partial charge in [-0.15, -0.1) is 0 Å². The Kier molecular flexibility index (Phi) is 12.7. The molecule has 7 heteroatoms. The molecule has 0 unspecified atom stereocenters. The van der Waals surface area contributed by atoms with E-state index in [1.807, 2.05) is 91.0 Å². The summed E-state index contributed by atoms with van der Waals surface area (Å²) >= 11 is 0. The molecule has 0 saturated carbocycles. The maximum Gasteiger partial charge on any atom is 0.323 e. The fourth-order valence-corrected chi connectivity index (χ4v) is 4.30. The van der Waals surface area contributed by atoms with Crippen LogP contribution in [-0.4, -0.2) is 41.6 Å². The van der Waals surface area contributed by atoms with Gasteiger partial charge in [-0.3, -0.25) is 19.7 Å². The number of hydrogen-bond donors (Lipinski definition) is 3. The smallest absolute Gasteiger partial charge is 0.323 e. The molecule has 3 rings (SSSR count). The lowest BCUT2D eigenvalue weighted by Crippen LogP contribution is -2.53. The summed E-state index contributed by atoms with van der Waals surface area (Å²) in [5.74, 6) is -1.38. The lowest BCUT2D eigenvalue weighted by Gasteiger charge is -2.25. The molecule has 2 atom stereocenters. The highest BCUT2D eigenvalue weighted by Gasteiger charge is 2.28. The minimum absolute atomic E-state index is 0.157. The second kappa shape index (κ2) is 16.8. The van der Waals surface area contributed by atoms with Gasteiger partial charge in [-0.1, -0.05) is 104 Å². The molecular formula is C32H38N2O5. The number of carboxylic acid groups (broad SMARTS) is 1. The van der Waals surface area contributed by atoms with Crippen LogP contribution in [0.25, 0.3) is 0 Å². The highest BCUT2D eigenvalue weighted by Crippen LogP contribution is 2.11. The molecule has 3 N–H and O–H groups in total. The monoisotopic (exact) mass is 530 g/mol. The van der Waals surface area contributed by atoms with Gasteiger partial charge in [0.25, 0.3) is 0 Å². The third-order valence-corrected chi connectivity index (χ3v) is 6.41. The number of amides is 1. The first kappa shape index (κ1) is 29.6. The summed E-state index contributed by atoms with van der Waals surface area (Å²) in [4.78, 5) is 37.3. The van der Waals surface area contributed by atoms with Crippen LogP contribution in [0, 0.1) is 0 Å². The van der Waals surface area contributed by atoms with Gasteiger partial charge in [0, 0.05) is 13.0 Å². The molecule has 0 aliphatic rings. The van der Waals surface area contributed by atoms with Gasteiger partial charge < -0.3 is 15.2 Å². The van der Waals surface area contributed by atoms with Crippen molar-refractivity contribution in [1.82, 2.24) is 10.6 Å². The van der Waals surface area contributed by atoms with Gasteiger partial charge >= 0.3 is 11.9 Å². The van der Waals surface area contributed by atoms with E-state index < -0.39 is 24.0 Å². The number of ether oxygens (including phenoxy) is 1. The van der Waals surface area contributed by atoms with Crippen LogP contribution in [0.1, 0.15) is 48.8 Å². The molecule has 0 aliphatic carbocycles. The van der Waals surface area contributed by atoms with Crippen LogP contribution >= 0.6 is 0 Å². The molecule has 0 fully saturated rings. The van der Waals surface area contributed by atoms with E-state index in [1.54, 1.807) is 0 Å². The van der Waals surface area contributed by atoms with E-state index >= 15 is 0 Å². The fourth-order valence-electron chi connectivity index (χ4n) is 4.30. The average Bonchev–Trinajstić information content (AvgIpc) is 2.96. The molecule has 3 aromatic rings. The third-order valence-electron chi connectivity index (χ3n) is 6.41. The van der Waals surface area contributed by atoms with E-state index in [9.17, 15) is 14.4 Å². The Morgan fingerprint density at radius 2 is 1.18 bits per heavy atom. The number of rotatable bonds is 17. The second-order valence-corrected chi connectivity index (χ2v) is 9.59. The van der Waals surface area contributed by atoms with Gasteiger partial charge in [-0.2, -0.15) is 0 Å². The number of nitrogens with one attached hydrogen (secondary N) is 2. The highest BCUT2D eigenvalue weighted by atomic mass is 16.5. The largest absolute Gasteiger partial charge is 0.481 e. The average molecular weight is 531 g/mol. The van der Waals surface area contributed by atoms with Crippen LogP contribution in [0.4, 0.5) is 0 Å². The van der Waals surface area contributed by atoms with Crippen LogP contribution in [-0.2, 0) is 38.6 Å².